The molecule has 1 N–H and O–H groups in total. The number of benzene rings is 1. The van der Waals surface area contributed by atoms with Gasteiger partial charge in [-0.3, -0.25) is 10.1 Å². The predicted octanol–water partition coefficient (Wildman–Crippen LogP) is 2.27. The first-order chi connectivity index (χ1) is 9.56. The summed E-state index contributed by atoms with van der Waals surface area (Å²) in [6.07, 6.45) is 0.572. The zero-order chi connectivity index (χ0) is 14.5. The van der Waals surface area contributed by atoms with Crippen LogP contribution in [0.1, 0.15) is 17.3 Å². The molecule has 0 amide bonds. The van der Waals surface area contributed by atoms with Crippen LogP contribution in [0.4, 0.5) is 5.69 Å². The second kappa shape index (κ2) is 6.44. The van der Waals surface area contributed by atoms with Gasteiger partial charge in [-0.15, -0.1) is 0 Å². The zero-order valence-electron chi connectivity index (χ0n) is 10.8. The van der Waals surface area contributed by atoms with E-state index in [1.54, 1.807) is 19.1 Å². The molecular weight excluding hydrogens is 284 g/mol. The molecule has 0 atom stereocenters. The van der Waals surface area contributed by atoms with Crippen LogP contribution < -0.4 is 5.32 Å². The Kier molecular flexibility index (Phi) is 4.65. The van der Waals surface area contributed by atoms with Crippen LogP contribution in [0, 0.1) is 17.0 Å². The minimum absolute atomic E-state index is 0.0126. The molecule has 106 valence electrons. The summed E-state index contributed by atoms with van der Waals surface area (Å²) in [7, 11) is 0. The number of hydrogen-bond acceptors (Lipinski definition) is 6. The van der Waals surface area contributed by atoms with Crippen molar-refractivity contribution >= 4 is 17.3 Å². The number of rotatable bonds is 6. The van der Waals surface area contributed by atoms with Gasteiger partial charge in [0.25, 0.3) is 5.69 Å². The van der Waals surface area contributed by atoms with E-state index in [9.17, 15) is 10.1 Å². The topological polar surface area (TPSA) is 94.1 Å². The van der Waals surface area contributed by atoms with E-state index in [-0.39, 0.29) is 5.69 Å². The van der Waals surface area contributed by atoms with Crippen molar-refractivity contribution in [3.63, 3.8) is 0 Å². The highest BCUT2D eigenvalue weighted by Crippen LogP contribution is 2.22. The summed E-state index contributed by atoms with van der Waals surface area (Å²) in [5.74, 6) is 1.13. The van der Waals surface area contributed by atoms with Gasteiger partial charge in [-0.25, -0.2) is 0 Å². The van der Waals surface area contributed by atoms with Crippen LogP contribution in [0.15, 0.2) is 22.7 Å². The summed E-state index contributed by atoms with van der Waals surface area (Å²) in [6.45, 7) is 2.71. The van der Waals surface area contributed by atoms with Gasteiger partial charge in [0.2, 0.25) is 5.89 Å². The number of nitrogens with one attached hydrogen (secondary N) is 1. The molecule has 8 heteroatoms. The maximum atomic E-state index is 10.9. The molecule has 0 aliphatic heterocycles. The van der Waals surface area contributed by atoms with E-state index in [1.165, 1.54) is 6.07 Å². The molecule has 0 radical (unpaired) electrons. The standard InChI is InChI=1S/C12H13ClN4O3/c1-8-15-12(20-16-8)4-5-14-7-9-2-3-10(13)6-11(9)17(18)19/h2-3,6,14H,4-5,7H2,1H3. The van der Waals surface area contributed by atoms with Crippen LogP contribution in [0.25, 0.3) is 0 Å². The number of nitro benzene ring substituents is 1. The quantitative estimate of drug-likeness (QED) is 0.499. The molecule has 0 aliphatic carbocycles. The Hall–Kier alpha value is -1.99. The summed E-state index contributed by atoms with van der Waals surface area (Å²) < 4.78 is 4.97. The third-order valence-electron chi connectivity index (χ3n) is 2.64. The monoisotopic (exact) mass is 296 g/mol. The number of hydrogen-bond donors (Lipinski definition) is 1. The maximum Gasteiger partial charge on any atom is 0.275 e. The van der Waals surface area contributed by atoms with Crippen molar-refractivity contribution in [2.24, 2.45) is 0 Å². The van der Waals surface area contributed by atoms with Crippen LogP contribution in [-0.2, 0) is 13.0 Å². The highest BCUT2D eigenvalue weighted by atomic mass is 35.5. The number of nitrogens with zero attached hydrogens (tertiary/aromatic N) is 3. The fraction of sp³-hybridized carbons (Fsp3) is 0.333. The Morgan fingerprint density at radius 3 is 2.95 bits per heavy atom. The molecule has 0 saturated carbocycles. The second-order valence-electron chi connectivity index (χ2n) is 4.19. The molecule has 0 saturated heterocycles. The van der Waals surface area contributed by atoms with Crippen LogP contribution >= 0.6 is 11.6 Å². The number of halogens is 1. The van der Waals surface area contributed by atoms with E-state index in [1.807, 2.05) is 0 Å². The Morgan fingerprint density at radius 2 is 2.30 bits per heavy atom. The first kappa shape index (κ1) is 14.4. The summed E-state index contributed by atoms with van der Waals surface area (Å²) in [6, 6.07) is 4.62. The largest absolute Gasteiger partial charge is 0.339 e. The molecule has 20 heavy (non-hydrogen) atoms. The molecule has 0 aliphatic rings. The molecule has 0 spiro atoms. The van der Waals surface area contributed by atoms with Gasteiger partial charge in [-0.2, -0.15) is 4.98 Å². The molecule has 7 nitrogen and oxygen atoms in total. The Morgan fingerprint density at radius 1 is 1.50 bits per heavy atom. The SMILES string of the molecule is Cc1noc(CCNCc2ccc(Cl)cc2[N+](=O)[O-])n1. The van der Waals surface area contributed by atoms with E-state index in [0.717, 1.165) is 0 Å². The minimum atomic E-state index is -0.440. The molecule has 1 aromatic carbocycles. The lowest BCUT2D eigenvalue weighted by Crippen LogP contribution is -2.17. The third kappa shape index (κ3) is 3.75. The van der Waals surface area contributed by atoms with Gasteiger partial charge in [-0.05, 0) is 19.1 Å². The van der Waals surface area contributed by atoms with Crippen molar-refractivity contribution in [2.45, 2.75) is 19.9 Å². The first-order valence-electron chi connectivity index (χ1n) is 5.99. The van der Waals surface area contributed by atoms with Gasteiger partial charge < -0.3 is 9.84 Å². The van der Waals surface area contributed by atoms with Crippen molar-refractivity contribution < 1.29 is 9.45 Å². The van der Waals surface area contributed by atoms with Crippen LogP contribution in [0.2, 0.25) is 5.02 Å². The highest BCUT2D eigenvalue weighted by molar-refractivity contribution is 6.30. The lowest BCUT2D eigenvalue weighted by Gasteiger charge is -2.04. The smallest absolute Gasteiger partial charge is 0.275 e. The normalized spacial score (nSPS) is 10.7. The maximum absolute atomic E-state index is 10.9. The van der Waals surface area contributed by atoms with Gasteiger partial charge in [-0.1, -0.05) is 16.8 Å². The van der Waals surface area contributed by atoms with Crippen molar-refractivity contribution in [3.05, 3.63) is 50.6 Å². The molecular formula is C12H13ClN4O3. The van der Waals surface area contributed by atoms with Crippen molar-refractivity contribution in [2.75, 3.05) is 6.54 Å². The summed E-state index contributed by atoms with van der Waals surface area (Å²) in [4.78, 5) is 14.5. The molecule has 1 aromatic heterocycles. The Balaban J connectivity index is 1.89. The lowest BCUT2D eigenvalue weighted by molar-refractivity contribution is -0.385. The molecule has 2 rings (SSSR count). The fourth-order valence-electron chi connectivity index (χ4n) is 1.72. The molecule has 0 bridgehead atoms. The van der Waals surface area contributed by atoms with Crippen molar-refractivity contribution in [1.29, 1.82) is 0 Å². The van der Waals surface area contributed by atoms with Gasteiger partial charge in [0, 0.05) is 36.2 Å². The molecule has 0 unspecified atom stereocenters. The summed E-state index contributed by atoms with van der Waals surface area (Å²) in [5.41, 5.74) is 0.597. The van der Waals surface area contributed by atoms with Crippen LogP contribution in [0.5, 0.6) is 0 Å². The summed E-state index contributed by atoms with van der Waals surface area (Å²) >= 11 is 5.75. The number of nitro groups is 1. The van der Waals surface area contributed by atoms with Gasteiger partial charge in [0.1, 0.15) is 0 Å². The van der Waals surface area contributed by atoms with Crippen LogP contribution in [-0.4, -0.2) is 21.6 Å². The molecule has 1 heterocycles. The van der Waals surface area contributed by atoms with Gasteiger partial charge >= 0.3 is 0 Å². The third-order valence-corrected chi connectivity index (χ3v) is 2.88. The van der Waals surface area contributed by atoms with E-state index in [4.69, 9.17) is 16.1 Å². The van der Waals surface area contributed by atoms with Crippen molar-refractivity contribution in [1.82, 2.24) is 15.5 Å². The minimum Gasteiger partial charge on any atom is -0.339 e. The van der Waals surface area contributed by atoms with Gasteiger partial charge in [0.15, 0.2) is 5.82 Å². The number of aryl methyl sites for hydroxylation is 1. The summed E-state index contributed by atoms with van der Waals surface area (Å²) in [5, 5.41) is 18.0. The Labute approximate surface area is 120 Å². The fourth-order valence-corrected chi connectivity index (χ4v) is 1.88. The second-order valence-corrected chi connectivity index (χ2v) is 4.63. The molecule has 2 aromatic rings. The Bertz CT molecular complexity index is 614. The van der Waals surface area contributed by atoms with E-state index in [2.05, 4.69) is 15.5 Å². The number of aromatic nitrogens is 2. The molecule has 0 fully saturated rings. The lowest BCUT2D eigenvalue weighted by atomic mass is 10.2. The van der Waals surface area contributed by atoms with E-state index < -0.39 is 4.92 Å². The van der Waals surface area contributed by atoms with Crippen LogP contribution in [0.3, 0.4) is 0 Å². The average Bonchev–Trinajstić information content (AvgIpc) is 2.81. The van der Waals surface area contributed by atoms with Crippen molar-refractivity contribution in [3.8, 4) is 0 Å². The highest BCUT2D eigenvalue weighted by Gasteiger charge is 2.13. The van der Waals surface area contributed by atoms with Gasteiger partial charge in [0.05, 0.1) is 4.92 Å². The zero-order valence-corrected chi connectivity index (χ0v) is 11.6. The predicted molar refractivity (Wildman–Crippen MR) is 72.6 cm³/mol. The van der Waals surface area contributed by atoms with E-state index >= 15 is 0 Å². The van der Waals surface area contributed by atoms with E-state index in [0.29, 0.717) is 41.8 Å². The first-order valence-corrected chi connectivity index (χ1v) is 6.37. The average molecular weight is 297 g/mol.